The molecule has 0 N–H and O–H groups in total. The summed E-state index contributed by atoms with van der Waals surface area (Å²) in [5.41, 5.74) is 0.190. The van der Waals surface area contributed by atoms with Gasteiger partial charge in [-0.2, -0.15) is 0 Å². The number of carbonyl (C=O) groups excluding carboxylic acids is 1. The van der Waals surface area contributed by atoms with E-state index in [0.29, 0.717) is 13.0 Å². The summed E-state index contributed by atoms with van der Waals surface area (Å²) < 4.78 is 19.2. The van der Waals surface area contributed by atoms with Crippen molar-refractivity contribution in [3.63, 3.8) is 0 Å². The summed E-state index contributed by atoms with van der Waals surface area (Å²) in [7, 11) is 1.98. The van der Waals surface area contributed by atoms with Gasteiger partial charge >= 0.3 is 0 Å². The van der Waals surface area contributed by atoms with E-state index in [1.807, 2.05) is 7.05 Å². The van der Waals surface area contributed by atoms with E-state index >= 15 is 0 Å². The van der Waals surface area contributed by atoms with Crippen molar-refractivity contribution in [3.05, 3.63) is 35.6 Å². The van der Waals surface area contributed by atoms with Gasteiger partial charge in [-0.05, 0) is 38.4 Å². The lowest BCUT2D eigenvalue weighted by Crippen LogP contribution is -2.34. The normalized spacial score (nSPS) is 19.2. The van der Waals surface area contributed by atoms with E-state index in [2.05, 4.69) is 4.90 Å². The van der Waals surface area contributed by atoms with Gasteiger partial charge in [0.05, 0.1) is 11.7 Å². The molecule has 1 atom stereocenters. The second kappa shape index (κ2) is 7.50. The fourth-order valence-corrected chi connectivity index (χ4v) is 2.50. The highest BCUT2D eigenvalue weighted by atomic mass is 19.1. The number of rotatable bonds is 6. The summed E-state index contributed by atoms with van der Waals surface area (Å²) in [6, 6.07) is 6.16. The van der Waals surface area contributed by atoms with E-state index in [9.17, 15) is 9.18 Å². The quantitative estimate of drug-likeness (QED) is 0.750. The smallest absolute Gasteiger partial charge is 0.167 e. The molecule has 0 saturated carbocycles. The van der Waals surface area contributed by atoms with Crippen LogP contribution in [0.5, 0.6) is 0 Å². The Morgan fingerprint density at radius 3 is 2.90 bits per heavy atom. The average Bonchev–Trinajstić information content (AvgIpc) is 2.46. The van der Waals surface area contributed by atoms with E-state index in [4.69, 9.17) is 4.74 Å². The first-order chi connectivity index (χ1) is 9.66. The number of Topliss-reactive ketones (excluding diaryl/α,β-unsaturated/α-hetero) is 1. The Kier molecular flexibility index (Phi) is 5.68. The van der Waals surface area contributed by atoms with Gasteiger partial charge in [-0.1, -0.05) is 12.1 Å². The van der Waals surface area contributed by atoms with Gasteiger partial charge in [0.15, 0.2) is 5.78 Å². The minimum atomic E-state index is -0.434. The highest BCUT2D eigenvalue weighted by molar-refractivity contribution is 5.96. The van der Waals surface area contributed by atoms with Crippen LogP contribution in [0.3, 0.4) is 0 Å². The SMILES string of the molecule is CN(CCC(=O)c1ccccc1F)CC1CCCCO1. The van der Waals surface area contributed by atoms with Crippen molar-refractivity contribution in [2.75, 3.05) is 26.7 Å². The number of ether oxygens (including phenoxy) is 1. The van der Waals surface area contributed by atoms with E-state index in [0.717, 1.165) is 26.0 Å². The van der Waals surface area contributed by atoms with Crippen LogP contribution in [-0.4, -0.2) is 43.5 Å². The van der Waals surface area contributed by atoms with Crippen LogP contribution in [-0.2, 0) is 4.74 Å². The van der Waals surface area contributed by atoms with Crippen LogP contribution in [0, 0.1) is 5.82 Å². The molecule has 1 unspecified atom stereocenters. The van der Waals surface area contributed by atoms with Gasteiger partial charge in [0.1, 0.15) is 5.82 Å². The Balaban J connectivity index is 1.76. The minimum Gasteiger partial charge on any atom is -0.377 e. The lowest BCUT2D eigenvalue weighted by atomic mass is 10.1. The summed E-state index contributed by atoms with van der Waals surface area (Å²) in [6.07, 6.45) is 4.06. The Bertz CT molecular complexity index is 444. The van der Waals surface area contributed by atoms with Crippen LogP contribution in [0.15, 0.2) is 24.3 Å². The van der Waals surface area contributed by atoms with Gasteiger partial charge in [-0.3, -0.25) is 4.79 Å². The molecule has 0 bridgehead atoms. The second-order valence-electron chi connectivity index (χ2n) is 5.40. The standard InChI is InChI=1S/C16H22FNO2/c1-18(12-13-6-4-5-11-20-13)10-9-16(19)14-7-2-3-8-15(14)17/h2-3,7-8,13H,4-6,9-12H2,1H3. The second-order valence-corrected chi connectivity index (χ2v) is 5.40. The maximum Gasteiger partial charge on any atom is 0.167 e. The molecule has 1 fully saturated rings. The molecular weight excluding hydrogens is 257 g/mol. The monoisotopic (exact) mass is 279 g/mol. The lowest BCUT2D eigenvalue weighted by molar-refractivity contribution is -0.00144. The predicted molar refractivity (Wildman–Crippen MR) is 76.4 cm³/mol. The zero-order valence-electron chi connectivity index (χ0n) is 12.0. The Morgan fingerprint density at radius 2 is 2.20 bits per heavy atom. The summed E-state index contributed by atoms with van der Waals surface area (Å²) in [4.78, 5) is 14.1. The molecule has 0 aromatic heterocycles. The molecule has 0 amide bonds. The first-order valence-corrected chi connectivity index (χ1v) is 7.24. The predicted octanol–water partition coefficient (Wildman–Crippen LogP) is 2.90. The van der Waals surface area contributed by atoms with Crippen LogP contribution in [0.25, 0.3) is 0 Å². The summed E-state index contributed by atoms with van der Waals surface area (Å²) in [5, 5.41) is 0. The van der Waals surface area contributed by atoms with Crippen molar-refractivity contribution in [3.8, 4) is 0 Å². The van der Waals surface area contributed by atoms with Gasteiger partial charge in [0.2, 0.25) is 0 Å². The molecule has 0 aliphatic carbocycles. The number of benzene rings is 1. The molecule has 1 aliphatic rings. The molecule has 1 aromatic carbocycles. The molecule has 1 heterocycles. The molecular formula is C16H22FNO2. The zero-order chi connectivity index (χ0) is 14.4. The lowest BCUT2D eigenvalue weighted by Gasteiger charge is -2.27. The van der Waals surface area contributed by atoms with Crippen LogP contribution in [0.1, 0.15) is 36.0 Å². The third-order valence-electron chi connectivity index (χ3n) is 3.68. The minimum absolute atomic E-state index is 0.139. The van der Waals surface area contributed by atoms with Gasteiger partial charge in [-0.15, -0.1) is 0 Å². The fraction of sp³-hybridized carbons (Fsp3) is 0.562. The Labute approximate surface area is 119 Å². The Hall–Kier alpha value is -1.26. The summed E-state index contributed by atoms with van der Waals surface area (Å²) in [6.45, 7) is 2.31. The molecule has 0 spiro atoms. The van der Waals surface area contributed by atoms with Crippen LogP contribution >= 0.6 is 0 Å². The Morgan fingerprint density at radius 1 is 1.40 bits per heavy atom. The van der Waals surface area contributed by atoms with Crippen LogP contribution < -0.4 is 0 Å². The largest absolute Gasteiger partial charge is 0.377 e. The van der Waals surface area contributed by atoms with E-state index in [1.165, 1.54) is 12.5 Å². The molecule has 4 heteroatoms. The number of nitrogens with zero attached hydrogens (tertiary/aromatic N) is 1. The molecule has 2 rings (SSSR count). The summed E-state index contributed by atoms with van der Waals surface area (Å²) in [5.74, 6) is -0.574. The number of hydrogen-bond donors (Lipinski definition) is 0. The fourth-order valence-electron chi connectivity index (χ4n) is 2.50. The topological polar surface area (TPSA) is 29.5 Å². The molecule has 110 valence electrons. The van der Waals surface area contributed by atoms with Gasteiger partial charge in [0.25, 0.3) is 0 Å². The van der Waals surface area contributed by atoms with Crippen molar-refractivity contribution in [2.24, 2.45) is 0 Å². The maximum atomic E-state index is 13.5. The molecule has 1 aliphatic heterocycles. The van der Waals surface area contributed by atoms with Crippen molar-refractivity contribution in [1.82, 2.24) is 4.90 Å². The third kappa shape index (κ3) is 4.39. The molecule has 1 saturated heterocycles. The molecule has 20 heavy (non-hydrogen) atoms. The molecule has 1 aromatic rings. The number of halogens is 1. The average molecular weight is 279 g/mol. The number of hydrogen-bond acceptors (Lipinski definition) is 3. The van der Waals surface area contributed by atoms with E-state index in [1.54, 1.807) is 18.2 Å². The highest BCUT2D eigenvalue weighted by Crippen LogP contribution is 2.14. The van der Waals surface area contributed by atoms with Crippen molar-refractivity contribution < 1.29 is 13.9 Å². The van der Waals surface area contributed by atoms with Gasteiger partial charge in [0, 0.05) is 26.1 Å². The third-order valence-corrected chi connectivity index (χ3v) is 3.68. The highest BCUT2D eigenvalue weighted by Gasteiger charge is 2.17. The van der Waals surface area contributed by atoms with Crippen molar-refractivity contribution >= 4 is 5.78 Å². The first kappa shape index (κ1) is 15.1. The van der Waals surface area contributed by atoms with Crippen LogP contribution in [0.2, 0.25) is 0 Å². The first-order valence-electron chi connectivity index (χ1n) is 7.24. The molecule has 0 radical (unpaired) electrons. The van der Waals surface area contributed by atoms with Crippen molar-refractivity contribution in [2.45, 2.75) is 31.8 Å². The number of likely N-dealkylation sites (N-methyl/N-ethyl adjacent to an activating group) is 1. The van der Waals surface area contributed by atoms with E-state index < -0.39 is 5.82 Å². The van der Waals surface area contributed by atoms with E-state index in [-0.39, 0.29) is 17.5 Å². The zero-order valence-corrected chi connectivity index (χ0v) is 12.0. The number of carbonyl (C=O) groups is 1. The van der Waals surface area contributed by atoms with Gasteiger partial charge in [-0.25, -0.2) is 4.39 Å². The maximum absolute atomic E-state index is 13.5. The van der Waals surface area contributed by atoms with Gasteiger partial charge < -0.3 is 9.64 Å². The summed E-state index contributed by atoms with van der Waals surface area (Å²) >= 11 is 0. The number of ketones is 1. The van der Waals surface area contributed by atoms with Crippen LogP contribution in [0.4, 0.5) is 4.39 Å². The molecule has 3 nitrogen and oxygen atoms in total. The van der Waals surface area contributed by atoms with Crippen molar-refractivity contribution in [1.29, 1.82) is 0 Å².